The quantitative estimate of drug-likeness (QED) is 0.812. The lowest BCUT2D eigenvalue weighted by Crippen LogP contribution is -2.32. The molecule has 1 atom stereocenters. The number of hydrogen-bond acceptors (Lipinski definition) is 2. The minimum atomic E-state index is 0.239. The third kappa shape index (κ3) is 3.47. The van der Waals surface area contributed by atoms with E-state index in [1.165, 1.54) is 0 Å². The van der Waals surface area contributed by atoms with Crippen molar-refractivity contribution in [2.75, 3.05) is 19.7 Å². The van der Waals surface area contributed by atoms with Gasteiger partial charge in [0.05, 0.1) is 13.2 Å². The Bertz CT molecular complexity index is 418. The summed E-state index contributed by atoms with van der Waals surface area (Å²) in [7, 11) is 0. The minimum Gasteiger partial charge on any atom is -0.395 e. The molecular weight excluding hydrogens is 234 g/mol. The molecule has 0 aromatic heterocycles. The summed E-state index contributed by atoms with van der Waals surface area (Å²) in [5, 5.41) is 9.91. The first kappa shape index (κ1) is 12.4. The first-order chi connectivity index (χ1) is 8.29. The van der Waals surface area contributed by atoms with Crippen molar-refractivity contribution in [3.63, 3.8) is 0 Å². The number of benzene rings is 1. The van der Waals surface area contributed by atoms with Crippen molar-refractivity contribution in [2.45, 2.75) is 18.9 Å². The van der Waals surface area contributed by atoms with Gasteiger partial charge in [-0.3, -0.25) is 4.90 Å². The summed E-state index contributed by atoms with van der Waals surface area (Å²) in [6.45, 7) is 2.01. The molecule has 0 unspecified atom stereocenters. The average molecular weight is 250 g/mol. The lowest BCUT2D eigenvalue weighted by molar-refractivity contribution is 0.171. The molecule has 0 radical (unpaired) electrons. The maximum absolute atomic E-state index is 9.18. The van der Waals surface area contributed by atoms with Crippen LogP contribution in [0.1, 0.15) is 18.4 Å². The molecule has 1 aromatic carbocycles. The zero-order valence-corrected chi connectivity index (χ0v) is 10.5. The third-order valence-electron chi connectivity index (χ3n) is 3.07. The van der Waals surface area contributed by atoms with E-state index in [2.05, 4.69) is 16.7 Å². The van der Waals surface area contributed by atoms with E-state index >= 15 is 0 Å². The van der Waals surface area contributed by atoms with Crippen LogP contribution in [0.15, 0.2) is 24.3 Å². The van der Waals surface area contributed by atoms with Gasteiger partial charge in [0.1, 0.15) is 0 Å². The zero-order valence-electron chi connectivity index (χ0n) is 9.69. The molecule has 1 aliphatic rings. The van der Waals surface area contributed by atoms with Gasteiger partial charge < -0.3 is 5.11 Å². The largest absolute Gasteiger partial charge is 0.395 e. The SMILES string of the molecule is OC[C@H]1CCCN1CC#Cc1ccc(Cl)cc1. The molecule has 1 N–H and O–H groups in total. The number of likely N-dealkylation sites (tertiary alicyclic amines) is 1. The van der Waals surface area contributed by atoms with Crippen molar-refractivity contribution in [2.24, 2.45) is 0 Å². The summed E-state index contributed by atoms with van der Waals surface area (Å²) < 4.78 is 0. The third-order valence-corrected chi connectivity index (χ3v) is 3.32. The van der Waals surface area contributed by atoms with Crippen LogP contribution in [-0.4, -0.2) is 35.7 Å². The van der Waals surface area contributed by atoms with Gasteiger partial charge in [0.15, 0.2) is 0 Å². The van der Waals surface area contributed by atoms with Gasteiger partial charge in [-0.05, 0) is 43.7 Å². The number of hydrogen-bond donors (Lipinski definition) is 1. The van der Waals surface area contributed by atoms with Crippen molar-refractivity contribution >= 4 is 11.6 Å². The molecule has 1 aliphatic heterocycles. The smallest absolute Gasteiger partial charge is 0.0608 e. The van der Waals surface area contributed by atoms with E-state index in [0.29, 0.717) is 6.04 Å². The van der Waals surface area contributed by atoms with Gasteiger partial charge in [-0.25, -0.2) is 0 Å². The minimum absolute atomic E-state index is 0.239. The van der Waals surface area contributed by atoms with Gasteiger partial charge in [0, 0.05) is 16.6 Å². The molecule has 0 saturated carbocycles. The van der Waals surface area contributed by atoms with Gasteiger partial charge in [0.25, 0.3) is 0 Å². The maximum Gasteiger partial charge on any atom is 0.0608 e. The molecule has 0 spiro atoms. The highest BCUT2D eigenvalue weighted by Crippen LogP contribution is 2.15. The fourth-order valence-corrected chi connectivity index (χ4v) is 2.21. The van der Waals surface area contributed by atoms with Crippen molar-refractivity contribution in [1.29, 1.82) is 0 Å². The van der Waals surface area contributed by atoms with Gasteiger partial charge in [0.2, 0.25) is 0 Å². The Morgan fingerprint density at radius 1 is 1.35 bits per heavy atom. The molecule has 3 heteroatoms. The van der Waals surface area contributed by atoms with Crippen LogP contribution in [0.2, 0.25) is 5.02 Å². The first-order valence-electron chi connectivity index (χ1n) is 5.89. The number of halogens is 1. The Morgan fingerprint density at radius 3 is 2.82 bits per heavy atom. The highest BCUT2D eigenvalue weighted by Gasteiger charge is 2.22. The van der Waals surface area contributed by atoms with Crippen LogP contribution in [0, 0.1) is 11.8 Å². The Kier molecular flexibility index (Phi) is 4.44. The first-order valence-corrected chi connectivity index (χ1v) is 6.27. The monoisotopic (exact) mass is 249 g/mol. The summed E-state index contributed by atoms with van der Waals surface area (Å²) in [6, 6.07) is 7.83. The Labute approximate surface area is 107 Å². The summed E-state index contributed by atoms with van der Waals surface area (Å²) in [5.41, 5.74) is 0.981. The molecule has 17 heavy (non-hydrogen) atoms. The van der Waals surface area contributed by atoms with Crippen LogP contribution in [-0.2, 0) is 0 Å². The predicted molar refractivity (Wildman–Crippen MR) is 70.0 cm³/mol. The van der Waals surface area contributed by atoms with Gasteiger partial charge in [-0.15, -0.1) is 0 Å². The van der Waals surface area contributed by atoms with E-state index in [1.807, 2.05) is 24.3 Å². The number of rotatable bonds is 2. The van der Waals surface area contributed by atoms with E-state index in [4.69, 9.17) is 11.6 Å². The Hall–Kier alpha value is -1.01. The van der Waals surface area contributed by atoms with E-state index in [1.54, 1.807) is 0 Å². The lowest BCUT2D eigenvalue weighted by atomic mass is 10.2. The standard InChI is InChI=1S/C14H16ClNO/c15-13-7-5-12(6-8-13)3-1-9-16-10-2-4-14(16)11-17/h5-8,14,17H,2,4,9-11H2/t14-/m1/s1. The molecule has 0 bridgehead atoms. The fraction of sp³-hybridized carbons (Fsp3) is 0.429. The number of aliphatic hydroxyl groups is 1. The second kappa shape index (κ2) is 6.07. The van der Waals surface area contributed by atoms with Gasteiger partial charge in [-0.1, -0.05) is 23.4 Å². The second-order valence-electron chi connectivity index (χ2n) is 4.26. The van der Waals surface area contributed by atoms with E-state index in [-0.39, 0.29) is 6.61 Å². The summed E-state index contributed by atoms with van der Waals surface area (Å²) in [4.78, 5) is 2.24. The Balaban J connectivity index is 1.91. The average Bonchev–Trinajstić information content (AvgIpc) is 2.79. The van der Waals surface area contributed by atoms with Crippen LogP contribution in [0.4, 0.5) is 0 Å². The Morgan fingerprint density at radius 2 is 2.12 bits per heavy atom. The molecule has 2 rings (SSSR count). The van der Waals surface area contributed by atoms with Crippen LogP contribution in [0.5, 0.6) is 0 Å². The predicted octanol–water partition coefficient (Wildman–Crippen LogP) is 2.15. The number of aliphatic hydroxyl groups excluding tert-OH is 1. The highest BCUT2D eigenvalue weighted by atomic mass is 35.5. The normalized spacial score (nSPS) is 20.0. The molecule has 0 amide bonds. The second-order valence-corrected chi connectivity index (χ2v) is 4.69. The lowest BCUT2D eigenvalue weighted by Gasteiger charge is -2.19. The summed E-state index contributed by atoms with van der Waals surface area (Å²) in [6.07, 6.45) is 2.24. The number of nitrogens with zero attached hydrogens (tertiary/aromatic N) is 1. The van der Waals surface area contributed by atoms with Crippen LogP contribution in [0.3, 0.4) is 0 Å². The molecule has 1 heterocycles. The van der Waals surface area contributed by atoms with Crippen molar-refractivity contribution in [1.82, 2.24) is 4.90 Å². The summed E-state index contributed by atoms with van der Waals surface area (Å²) in [5.74, 6) is 6.26. The molecule has 2 nitrogen and oxygen atoms in total. The molecule has 1 aromatic rings. The molecule has 1 fully saturated rings. The summed E-state index contributed by atoms with van der Waals surface area (Å²) >= 11 is 5.80. The van der Waals surface area contributed by atoms with Crippen molar-refractivity contribution in [3.05, 3.63) is 34.9 Å². The van der Waals surface area contributed by atoms with Crippen LogP contribution < -0.4 is 0 Å². The molecule has 90 valence electrons. The van der Waals surface area contributed by atoms with E-state index in [9.17, 15) is 5.11 Å². The van der Waals surface area contributed by atoms with Crippen molar-refractivity contribution in [3.8, 4) is 11.8 Å². The van der Waals surface area contributed by atoms with Gasteiger partial charge in [-0.2, -0.15) is 0 Å². The highest BCUT2D eigenvalue weighted by molar-refractivity contribution is 6.30. The van der Waals surface area contributed by atoms with Crippen LogP contribution >= 0.6 is 11.6 Å². The molecular formula is C14H16ClNO. The zero-order chi connectivity index (χ0) is 12.1. The van der Waals surface area contributed by atoms with Crippen molar-refractivity contribution < 1.29 is 5.11 Å². The van der Waals surface area contributed by atoms with Gasteiger partial charge >= 0.3 is 0 Å². The molecule has 1 saturated heterocycles. The fourth-order valence-electron chi connectivity index (χ4n) is 2.09. The van der Waals surface area contributed by atoms with E-state index < -0.39 is 0 Å². The topological polar surface area (TPSA) is 23.5 Å². The molecule has 0 aliphatic carbocycles. The maximum atomic E-state index is 9.18. The van der Waals surface area contributed by atoms with Crippen LogP contribution in [0.25, 0.3) is 0 Å². The van der Waals surface area contributed by atoms with E-state index in [0.717, 1.165) is 36.5 Å².